The van der Waals surface area contributed by atoms with E-state index in [0.717, 1.165) is 48.8 Å². The molecule has 110 valence electrons. The van der Waals surface area contributed by atoms with Crippen LogP contribution in [0.1, 0.15) is 59.2 Å². The predicted octanol–water partition coefficient (Wildman–Crippen LogP) is 3.04. The molecule has 0 saturated heterocycles. The highest BCUT2D eigenvalue weighted by Crippen LogP contribution is 2.20. The quantitative estimate of drug-likeness (QED) is 0.815. The molecule has 0 aliphatic heterocycles. The van der Waals surface area contributed by atoms with Gasteiger partial charge in [0.05, 0.1) is 12.1 Å². The second kappa shape index (κ2) is 6.40. The third kappa shape index (κ3) is 3.40. The Morgan fingerprint density at radius 2 is 1.70 bits per heavy atom. The summed E-state index contributed by atoms with van der Waals surface area (Å²) >= 11 is 0. The van der Waals surface area contributed by atoms with Crippen molar-refractivity contribution in [2.24, 2.45) is 0 Å². The van der Waals surface area contributed by atoms with E-state index in [1.807, 2.05) is 32.9 Å². The number of aliphatic hydroxyl groups is 1. The van der Waals surface area contributed by atoms with Crippen molar-refractivity contribution in [1.29, 1.82) is 0 Å². The molecular formula is C17H25NO2. The summed E-state index contributed by atoms with van der Waals surface area (Å²) in [5, 5.41) is 13.1. The van der Waals surface area contributed by atoms with Crippen LogP contribution in [0, 0.1) is 20.8 Å². The van der Waals surface area contributed by atoms with Crippen LogP contribution in [0.25, 0.3) is 0 Å². The summed E-state index contributed by atoms with van der Waals surface area (Å²) in [5.41, 5.74) is 3.93. The van der Waals surface area contributed by atoms with Gasteiger partial charge in [-0.3, -0.25) is 4.79 Å². The standard InChI is InChI=1S/C17H25NO2/c1-11-9-12(2)16(13(3)10-11)17(20)18-14-7-5-4-6-8-15(14)19/h9-10,14-15,19H,4-8H2,1-3H3,(H,18,20). The largest absolute Gasteiger partial charge is 0.391 e. The van der Waals surface area contributed by atoms with E-state index in [0.29, 0.717) is 0 Å². The molecule has 3 heteroatoms. The van der Waals surface area contributed by atoms with Crippen LogP contribution in [0.4, 0.5) is 0 Å². The van der Waals surface area contributed by atoms with E-state index in [-0.39, 0.29) is 11.9 Å². The molecule has 0 heterocycles. The first kappa shape index (κ1) is 15.0. The summed E-state index contributed by atoms with van der Waals surface area (Å²) in [5.74, 6) is -0.0500. The van der Waals surface area contributed by atoms with E-state index in [2.05, 4.69) is 5.32 Å². The van der Waals surface area contributed by atoms with Gasteiger partial charge < -0.3 is 10.4 Å². The molecule has 20 heavy (non-hydrogen) atoms. The number of rotatable bonds is 2. The second-order valence-corrected chi connectivity index (χ2v) is 6.06. The molecule has 1 aromatic carbocycles. The molecule has 1 fully saturated rings. The molecule has 1 aliphatic rings. The number of aryl methyl sites for hydroxylation is 3. The first-order valence-electron chi connectivity index (χ1n) is 7.56. The molecule has 0 radical (unpaired) electrons. The molecule has 1 amide bonds. The Balaban J connectivity index is 2.15. The highest BCUT2D eigenvalue weighted by molar-refractivity contribution is 5.97. The third-order valence-electron chi connectivity index (χ3n) is 4.20. The van der Waals surface area contributed by atoms with Crippen molar-refractivity contribution < 1.29 is 9.90 Å². The zero-order valence-corrected chi connectivity index (χ0v) is 12.7. The summed E-state index contributed by atoms with van der Waals surface area (Å²) in [6.07, 6.45) is 4.52. The van der Waals surface area contributed by atoms with Gasteiger partial charge in [-0.05, 0) is 44.7 Å². The zero-order chi connectivity index (χ0) is 14.7. The fourth-order valence-corrected chi connectivity index (χ4v) is 3.24. The van der Waals surface area contributed by atoms with E-state index in [1.165, 1.54) is 5.56 Å². The fourth-order valence-electron chi connectivity index (χ4n) is 3.24. The monoisotopic (exact) mass is 275 g/mol. The van der Waals surface area contributed by atoms with Crippen LogP contribution in [-0.2, 0) is 0 Å². The van der Waals surface area contributed by atoms with Gasteiger partial charge in [0.25, 0.3) is 5.91 Å². The summed E-state index contributed by atoms with van der Waals surface area (Å²) < 4.78 is 0. The highest BCUT2D eigenvalue weighted by atomic mass is 16.3. The Hall–Kier alpha value is -1.35. The number of carbonyl (C=O) groups is 1. The normalized spacial score (nSPS) is 23.2. The number of benzene rings is 1. The van der Waals surface area contributed by atoms with Crippen LogP contribution in [0.15, 0.2) is 12.1 Å². The minimum absolute atomic E-state index is 0.0500. The van der Waals surface area contributed by atoms with Crippen molar-refractivity contribution in [1.82, 2.24) is 5.32 Å². The summed E-state index contributed by atoms with van der Waals surface area (Å²) in [7, 11) is 0. The smallest absolute Gasteiger partial charge is 0.252 e. The minimum atomic E-state index is -0.410. The molecule has 0 bridgehead atoms. The lowest BCUT2D eigenvalue weighted by atomic mass is 9.98. The molecule has 0 spiro atoms. The van der Waals surface area contributed by atoms with Gasteiger partial charge in [0.1, 0.15) is 0 Å². The van der Waals surface area contributed by atoms with Crippen molar-refractivity contribution in [2.45, 2.75) is 65.0 Å². The van der Waals surface area contributed by atoms with Gasteiger partial charge in [-0.15, -0.1) is 0 Å². The van der Waals surface area contributed by atoms with Crippen LogP contribution in [0.2, 0.25) is 0 Å². The fraction of sp³-hybridized carbons (Fsp3) is 0.588. The Bertz CT molecular complexity index is 473. The van der Waals surface area contributed by atoms with Crippen LogP contribution in [0.3, 0.4) is 0 Å². The van der Waals surface area contributed by atoms with Crippen LogP contribution >= 0.6 is 0 Å². The molecule has 3 nitrogen and oxygen atoms in total. The predicted molar refractivity (Wildman–Crippen MR) is 81.0 cm³/mol. The molecule has 1 aliphatic carbocycles. The van der Waals surface area contributed by atoms with Crippen LogP contribution in [-0.4, -0.2) is 23.2 Å². The van der Waals surface area contributed by atoms with Gasteiger partial charge in [0.15, 0.2) is 0 Å². The van der Waals surface area contributed by atoms with Gasteiger partial charge in [-0.1, -0.05) is 37.0 Å². The maximum Gasteiger partial charge on any atom is 0.252 e. The number of amides is 1. The molecule has 2 unspecified atom stereocenters. The van der Waals surface area contributed by atoms with Gasteiger partial charge in [-0.2, -0.15) is 0 Å². The zero-order valence-electron chi connectivity index (χ0n) is 12.7. The molecule has 1 saturated carbocycles. The van der Waals surface area contributed by atoms with Gasteiger partial charge in [0.2, 0.25) is 0 Å². The van der Waals surface area contributed by atoms with Gasteiger partial charge in [0, 0.05) is 5.56 Å². The molecule has 0 aromatic heterocycles. The van der Waals surface area contributed by atoms with E-state index in [1.54, 1.807) is 0 Å². The first-order valence-corrected chi connectivity index (χ1v) is 7.56. The topological polar surface area (TPSA) is 49.3 Å². The van der Waals surface area contributed by atoms with E-state index in [4.69, 9.17) is 0 Å². The van der Waals surface area contributed by atoms with E-state index < -0.39 is 6.10 Å². The molecular weight excluding hydrogens is 250 g/mol. The number of carbonyl (C=O) groups excluding carboxylic acids is 1. The Labute approximate surface area is 121 Å². The molecule has 1 aromatic rings. The number of hydrogen-bond donors (Lipinski definition) is 2. The SMILES string of the molecule is Cc1cc(C)c(C(=O)NC2CCCCCC2O)c(C)c1. The van der Waals surface area contributed by atoms with Crippen molar-refractivity contribution in [3.05, 3.63) is 34.4 Å². The number of aliphatic hydroxyl groups excluding tert-OH is 1. The van der Waals surface area contributed by atoms with Crippen molar-refractivity contribution in [3.63, 3.8) is 0 Å². The molecule has 2 atom stereocenters. The van der Waals surface area contributed by atoms with E-state index >= 15 is 0 Å². The lowest BCUT2D eigenvalue weighted by Crippen LogP contribution is -2.43. The van der Waals surface area contributed by atoms with Gasteiger partial charge >= 0.3 is 0 Å². The summed E-state index contributed by atoms with van der Waals surface area (Å²) in [6.45, 7) is 5.98. The van der Waals surface area contributed by atoms with Crippen molar-refractivity contribution in [3.8, 4) is 0 Å². The van der Waals surface area contributed by atoms with Crippen molar-refractivity contribution >= 4 is 5.91 Å². The molecule has 2 rings (SSSR count). The molecule has 2 N–H and O–H groups in total. The van der Waals surface area contributed by atoms with Gasteiger partial charge in [-0.25, -0.2) is 0 Å². The third-order valence-corrected chi connectivity index (χ3v) is 4.20. The first-order chi connectivity index (χ1) is 9.49. The Morgan fingerprint density at radius 3 is 2.35 bits per heavy atom. The number of hydrogen-bond acceptors (Lipinski definition) is 2. The number of nitrogens with one attached hydrogen (secondary N) is 1. The van der Waals surface area contributed by atoms with E-state index in [9.17, 15) is 9.90 Å². The summed E-state index contributed by atoms with van der Waals surface area (Å²) in [4.78, 5) is 12.5. The minimum Gasteiger partial charge on any atom is -0.391 e. The Morgan fingerprint density at radius 1 is 1.10 bits per heavy atom. The summed E-state index contributed by atoms with van der Waals surface area (Å²) in [6, 6.07) is 3.96. The maximum absolute atomic E-state index is 12.5. The average molecular weight is 275 g/mol. The second-order valence-electron chi connectivity index (χ2n) is 6.06. The highest BCUT2D eigenvalue weighted by Gasteiger charge is 2.24. The Kier molecular flexibility index (Phi) is 4.81. The van der Waals surface area contributed by atoms with Crippen molar-refractivity contribution in [2.75, 3.05) is 0 Å². The lowest BCUT2D eigenvalue weighted by Gasteiger charge is -2.23. The average Bonchev–Trinajstić information content (AvgIpc) is 2.53. The van der Waals surface area contributed by atoms with Crippen LogP contribution < -0.4 is 5.32 Å². The maximum atomic E-state index is 12.5. The lowest BCUT2D eigenvalue weighted by molar-refractivity contribution is 0.0817. The van der Waals surface area contributed by atoms with Crippen LogP contribution in [0.5, 0.6) is 0 Å².